The summed E-state index contributed by atoms with van der Waals surface area (Å²) < 4.78 is 2.06. The molecule has 2 aromatic rings. The number of rotatable bonds is 3. The summed E-state index contributed by atoms with van der Waals surface area (Å²) in [6, 6.07) is 13.7. The molecule has 0 aliphatic carbocycles. The Balaban J connectivity index is 2.31. The Kier molecular flexibility index (Phi) is 3.10. The van der Waals surface area contributed by atoms with Crippen molar-refractivity contribution in [3.8, 4) is 0 Å². The van der Waals surface area contributed by atoms with Crippen molar-refractivity contribution in [2.24, 2.45) is 0 Å². The zero-order chi connectivity index (χ0) is 11.4. The monoisotopic (exact) mass is 212 g/mol. The van der Waals surface area contributed by atoms with Gasteiger partial charge in [-0.15, -0.1) is 0 Å². The summed E-state index contributed by atoms with van der Waals surface area (Å²) in [7, 11) is 0. The largest absolute Gasteiger partial charge is 0.294 e. The highest BCUT2D eigenvalue weighted by atomic mass is 16.1. The van der Waals surface area contributed by atoms with E-state index in [1.807, 2.05) is 54.9 Å². The predicted octanol–water partition coefficient (Wildman–Crippen LogP) is 2.23. The van der Waals surface area contributed by atoms with Crippen LogP contribution >= 0.6 is 0 Å². The van der Waals surface area contributed by atoms with E-state index < -0.39 is 0 Å². The van der Waals surface area contributed by atoms with Crippen molar-refractivity contribution in [1.82, 2.24) is 0 Å². The number of carbonyl (C=O) groups is 1. The minimum atomic E-state index is 0.118. The Morgan fingerprint density at radius 2 is 1.75 bits per heavy atom. The molecule has 0 atom stereocenters. The second-order valence-corrected chi connectivity index (χ2v) is 3.76. The standard InChI is InChI=1S/C14H14NO/c1-12(16)14-8-4-3-7-13(14)11-15-9-5-2-6-10-15/h2-10H,11H2,1H3/q+1. The van der Waals surface area contributed by atoms with Gasteiger partial charge in [0.25, 0.3) is 0 Å². The Morgan fingerprint density at radius 3 is 2.44 bits per heavy atom. The van der Waals surface area contributed by atoms with Gasteiger partial charge in [-0.05, 0) is 6.92 Å². The van der Waals surface area contributed by atoms with E-state index in [0.29, 0.717) is 0 Å². The molecule has 80 valence electrons. The molecule has 2 rings (SSSR count). The maximum absolute atomic E-state index is 11.4. The third kappa shape index (κ3) is 2.34. The van der Waals surface area contributed by atoms with E-state index >= 15 is 0 Å². The van der Waals surface area contributed by atoms with Crippen molar-refractivity contribution in [3.63, 3.8) is 0 Å². The summed E-state index contributed by atoms with van der Waals surface area (Å²) in [5, 5.41) is 0. The lowest BCUT2D eigenvalue weighted by molar-refractivity contribution is -0.688. The fourth-order valence-electron chi connectivity index (χ4n) is 1.74. The molecule has 0 unspecified atom stereocenters. The molecular weight excluding hydrogens is 198 g/mol. The van der Waals surface area contributed by atoms with E-state index in [9.17, 15) is 4.79 Å². The summed E-state index contributed by atoms with van der Waals surface area (Å²) in [6.07, 6.45) is 3.99. The van der Waals surface area contributed by atoms with Crippen molar-refractivity contribution in [2.45, 2.75) is 13.5 Å². The van der Waals surface area contributed by atoms with Gasteiger partial charge in [0.15, 0.2) is 24.7 Å². The van der Waals surface area contributed by atoms with Gasteiger partial charge in [0.2, 0.25) is 0 Å². The lowest BCUT2D eigenvalue weighted by Gasteiger charge is -2.03. The number of nitrogens with zero attached hydrogens (tertiary/aromatic N) is 1. The van der Waals surface area contributed by atoms with Crippen LogP contribution in [0.1, 0.15) is 22.8 Å². The zero-order valence-corrected chi connectivity index (χ0v) is 9.26. The molecule has 1 aromatic heterocycles. The van der Waals surface area contributed by atoms with Crippen molar-refractivity contribution in [2.75, 3.05) is 0 Å². The van der Waals surface area contributed by atoms with Gasteiger partial charge in [0, 0.05) is 23.3 Å². The Bertz CT molecular complexity index is 491. The number of Topliss-reactive ketones (excluding diaryl/α,β-unsaturated/α-hetero) is 1. The van der Waals surface area contributed by atoms with E-state index in [1.165, 1.54) is 0 Å². The number of hydrogen-bond donors (Lipinski definition) is 0. The van der Waals surface area contributed by atoms with Crippen LogP contribution in [0.2, 0.25) is 0 Å². The first-order valence-corrected chi connectivity index (χ1v) is 5.30. The summed E-state index contributed by atoms with van der Waals surface area (Å²) in [6.45, 7) is 2.34. The second kappa shape index (κ2) is 4.71. The molecule has 0 aliphatic rings. The van der Waals surface area contributed by atoms with Gasteiger partial charge in [-0.3, -0.25) is 4.79 Å². The smallest absolute Gasteiger partial charge is 0.174 e. The van der Waals surface area contributed by atoms with Gasteiger partial charge in [0.05, 0.1) is 0 Å². The van der Waals surface area contributed by atoms with E-state index in [2.05, 4.69) is 4.57 Å². The SMILES string of the molecule is CC(=O)c1ccccc1C[n+]1ccccc1. The molecule has 0 saturated carbocycles. The number of hydrogen-bond acceptors (Lipinski definition) is 1. The first-order chi connectivity index (χ1) is 7.77. The van der Waals surface area contributed by atoms with Crippen LogP contribution in [0.5, 0.6) is 0 Å². The summed E-state index contributed by atoms with van der Waals surface area (Å²) >= 11 is 0. The quantitative estimate of drug-likeness (QED) is 0.564. The predicted molar refractivity (Wildman–Crippen MR) is 62.2 cm³/mol. The number of carbonyl (C=O) groups excluding carboxylic acids is 1. The minimum absolute atomic E-state index is 0.118. The average molecular weight is 212 g/mol. The van der Waals surface area contributed by atoms with Crippen LogP contribution < -0.4 is 4.57 Å². The van der Waals surface area contributed by atoms with Gasteiger partial charge in [0.1, 0.15) is 0 Å². The molecule has 0 radical (unpaired) electrons. The van der Waals surface area contributed by atoms with Crippen molar-refractivity contribution in [1.29, 1.82) is 0 Å². The molecule has 1 aromatic carbocycles. The molecule has 16 heavy (non-hydrogen) atoms. The average Bonchev–Trinajstić information content (AvgIpc) is 2.31. The van der Waals surface area contributed by atoms with Crippen LogP contribution in [0.4, 0.5) is 0 Å². The molecule has 1 heterocycles. The van der Waals surface area contributed by atoms with Crippen LogP contribution in [-0.2, 0) is 6.54 Å². The molecule has 0 bridgehead atoms. The normalized spacial score (nSPS) is 10.1. The molecule has 2 nitrogen and oxygen atoms in total. The van der Waals surface area contributed by atoms with E-state index in [0.717, 1.165) is 17.7 Å². The first-order valence-electron chi connectivity index (χ1n) is 5.30. The van der Waals surface area contributed by atoms with Crippen molar-refractivity contribution < 1.29 is 9.36 Å². The highest BCUT2D eigenvalue weighted by Crippen LogP contribution is 2.08. The highest BCUT2D eigenvalue weighted by molar-refractivity contribution is 5.95. The van der Waals surface area contributed by atoms with Crippen LogP contribution in [0.15, 0.2) is 54.9 Å². The second-order valence-electron chi connectivity index (χ2n) is 3.76. The first kappa shape index (κ1) is 10.6. The van der Waals surface area contributed by atoms with E-state index in [1.54, 1.807) is 6.92 Å². The highest BCUT2D eigenvalue weighted by Gasteiger charge is 2.09. The molecular formula is C14H14NO+. The van der Waals surface area contributed by atoms with Gasteiger partial charge in [-0.25, -0.2) is 4.57 Å². The summed E-state index contributed by atoms with van der Waals surface area (Å²) in [5.41, 5.74) is 1.87. The molecule has 0 fully saturated rings. The van der Waals surface area contributed by atoms with Gasteiger partial charge >= 0.3 is 0 Å². The number of benzene rings is 1. The fourth-order valence-corrected chi connectivity index (χ4v) is 1.74. The third-order valence-electron chi connectivity index (χ3n) is 2.53. The van der Waals surface area contributed by atoms with Gasteiger partial charge < -0.3 is 0 Å². The topological polar surface area (TPSA) is 20.9 Å². The van der Waals surface area contributed by atoms with Crippen LogP contribution in [0.3, 0.4) is 0 Å². The van der Waals surface area contributed by atoms with E-state index in [4.69, 9.17) is 0 Å². The fraction of sp³-hybridized carbons (Fsp3) is 0.143. The Hall–Kier alpha value is -1.96. The number of ketones is 1. The van der Waals surface area contributed by atoms with Crippen LogP contribution in [0.25, 0.3) is 0 Å². The van der Waals surface area contributed by atoms with E-state index in [-0.39, 0.29) is 5.78 Å². The van der Waals surface area contributed by atoms with Crippen molar-refractivity contribution in [3.05, 3.63) is 66.0 Å². The third-order valence-corrected chi connectivity index (χ3v) is 2.53. The number of aromatic nitrogens is 1. The summed E-state index contributed by atoms with van der Waals surface area (Å²) in [5.74, 6) is 0.118. The Labute approximate surface area is 95.2 Å². The molecule has 0 N–H and O–H groups in total. The minimum Gasteiger partial charge on any atom is -0.294 e. The molecule has 0 saturated heterocycles. The van der Waals surface area contributed by atoms with Crippen LogP contribution in [-0.4, -0.2) is 5.78 Å². The van der Waals surface area contributed by atoms with Gasteiger partial charge in [-0.1, -0.05) is 30.3 Å². The van der Waals surface area contributed by atoms with Crippen molar-refractivity contribution >= 4 is 5.78 Å². The van der Waals surface area contributed by atoms with Crippen LogP contribution in [0, 0.1) is 0 Å². The Morgan fingerprint density at radius 1 is 1.06 bits per heavy atom. The molecule has 2 heteroatoms. The van der Waals surface area contributed by atoms with Gasteiger partial charge in [-0.2, -0.15) is 0 Å². The maximum Gasteiger partial charge on any atom is 0.174 e. The lowest BCUT2D eigenvalue weighted by atomic mass is 10.0. The maximum atomic E-state index is 11.4. The lowest BCUT2D eigenvalue weighted by Crippen LogP contribution is -2.33. The summed E-state index contributed by atoms with van der Waals surface area (Å²) in [4.78, 5) is 11.4. The molecule has 0 aliphatic heterocycles. The molecule has 0 spiro atoms. The number of pyridine rings is 1. The molecule has 0 amide bonds. The zero-order valence-electron chi connectivity index (χ0n) is 9.26.